The lowest BCUT2D eigenvalue weighted by Gasteiger charge is -2.06. The molecule has 21 heavy (non-hydrogen) atoms. The molecule has 0 bridgehead atoms. The number of halogens is 3. The average Bonchev–Trinajstić information content (AvgIpc) is 2.79. The molecular formula is C15H8Cl2FN3. The molecule has 1 aromatic heterocycles. The molecule has 0 spiro atoms. The van der Waals surface area contributed by atoms with Gasteiger partial charge < -0.3 is 4.57 Å². The fraction of sp³-hybridized carbons (Fsp3) is 0.0667. The third-order valence-electron chi connectivity index (χ3n) is 3.13. The monoisotopic (exact) mass is 319 g/mol. The maximum absolute atomic E-state index is 14.0. The van der Waals surface area contributed by atoms with E-state index in [1.54, 1.807) is 34.9 Å². The number of imidazole rings is 1. The summed E-state index contributed by atoms with van der Waals surface area (Å²) in [6.45, 7) is 0.0398. The molecule has 3 rings (SSSR count). The molecule has 0 aliphatic rings. The van der Waals surface area contributed by atoms with Gasteiger partial charge in [-0.25, -0.2) is 9.37 Å². The Morgan fingerprint density at radius 1 is 1.19 bits per heavy atom. The van der Waals surface area contributed by atoms with Gasteiger partial charge in [-0.2, -0.15) is 5.26 Å². The summed E-state index contributed by atoms with van der Waals surface area (Å²) in [4.78, 5) is 4.39. The van der Waals surface area contributed by atoms with Crippen LogP contribution in [0.3, 0.4) is 0 Å². The lowest BCUT2D eigenvalue weighted by atomic mass is 10.2. The maximum Gasteiger partial charge on any atom is 0.145 e. The summed E-state index contributed by atoms with van der Waals surface area (Å²) >= 11 is 12.0. The van der Waals surface area contributed by atoms with Crippen molar-refractivity contribution in [1.82, 2.24) is 9.55 Å². The SMILES string of the molecule is N#CCn1c(-c2ccccc2F)nc2cc(Cl)c(Cl)cc21. The van der Waals surface area contributed by atoms with Gasteiger partial charge in [-0.1, -0.05) is 35.3 Å². The van der Waals surface area contributed by atoms with Crippen molar-refractivity contribution in [1.29, 1.82) is 5.26 Å². The molecule has 1 heterocycles. The number of nitriles is 1. The van der Waals surface area contributed by atoms with Gasteiger partial charge in [-0.15, -0.1) is 0 Å². The van der Waals surface area contributed by atoms with E-state index in [1.807, 2.05) is 0 Å². The van der Waals surface area contributed by atoms with Crippen molar-refractivity contribution < 1.29 is 4.39 Å². The first-order valence-corrected chi connectivity index (χ1v) is 6.84. The summed E-state index contributed by atoms with van der Waals surface area (Å²) < 4.78 is 15.6. The van der Waals surface area contributed by atoms with Crippen LogP contribution in [-0.2, 0) is 6.54 Å². The summed E-state index contributed by atoms with van der Waals surface area (Å²) in [5, 5.41) is 9.74. The van der Waals surface area contributed by atoms with Gasteiger partial charge in [-0.05, 0) is 24.3 Å². The number of rotatable bonds is 2. The van der Waals surface area contributed by atoms with Gasteiger partial charge in [0.15, 0.2) is 0 Å². The van der Waals surface area contributed by atoms with Crippen LogP contribution in [0, 0.1) is 17.1 Å². The Bertz CT molecular complexity index is 880. The standard InChI is InChI=1S/C15H8Cl2FN3/c16-10-7-13-14(8-11(10)17)21(6-5-19)15(20-13)9-3-1-2-4-12(9)18/h1-4,7-8H,6H2. The second kappa shape index (κ2) is 5.36. The lowest BCUT2D eigenvalue weighted by molar-refractivity contribution is 0.628. The fourth-order valence-electron chi connectivity index (χ4n) is 2.20. The molecule has 104 valence electrons. The minimum absolute atomic E-state index is 0.0398. The highest BCUT2D eigenvalue weighted by atomic mass is 35.5. The molecule has 3 aromatic rings. The van der Waals surface area contributed by atoms with Crippen molar-refractivity contribution in [2.45, 2.75) is 6.54 Å². The molecule has 0 amide bonds. The third kappa shape index (κ3) is 2.35. The molecule has 3 nitrogen and oxygen atoms in total. The van der Waals surface area contributed by atoms with Crippen LogP contribution in [0.4, 0.5) is 4.39 Å². The number of benzene rings is 2. The minimum Gasteiger partial charge on any atom is -0.310 e. The first kappa shape index (κ1) is 13.9. The van der Waals surface area contributed by atoms with Crippen LogP contribution in [0.15, 0.2) is 36.4 Å². The molecule has 0 atom stereocenters. The quantitative estimate of drug-likeness (QED) is 0.688. The van der Waals surface area contributed by atoms with Crippen LogP contribution in [0.1, 0.15) is 0 Å². The topological polar surface area (TPSA) is 41.6 Å². The van der Waals surface area contributed by atoms with Crippen LogP contribution >= 0.6 is 23.2 Å². The molecule has 0 saturated carbocycles. The van der Waals surface area contributed by atoms with Crippen LogP contribution < -0.4 is 0 Å². The predicted octanol–water partition coefficient (Wildman–Crippen LogP) is 4.67. The molecule has 0 aliphatic heterocycles. The second-order valence-corrected chi connectivity index (χ2v) is 5.23. The summed E-state index contributed by atoms with van der Waals surface area (Å²) in [6, 6.07) is 11.6. The molecule has 0 radical (unpaired) electrons. The van der Waals surface area contributed by atoms with Crippen LogP contribution in [0.5, 0.6) is 0 Å². The Kier molecular flexibility index (Phi) is 3.54. The molecule has 0 saturated heterocycles. The average molecular weight is 320 g/mol. The van der Waals surface area contributed by atoms with E-state index >= 15 is 0 Å². The number of aromatic nitrogens is 2. The second-order valence-electron chi connectivity index (χ2n) is 4.41. The summed E-state index contributed by atoms with van der Waals surface area (Å²) in [7, 11) is 0. The number of hydrogen-bond acceptors (Lipinski definition) is 2. The smallest absolute Gasteiger partial charge is 0.145 e. The van der Waals surface area contributed by atoms with Gasteiger partial charge in [0, 0.05) is 0 Å². The first-order chi connectivity index (χ1) is 10.1. The Balaban J connectivity index is 2.35. The van der Waals surface area contributed by atoms with Gasteiger partial charge in [-0.3, -0.25) is 0 Å². The van der Waals surface area contributed by atoms with E-state index in [-0.39, 0.29) is 6.54 Å². The van der Waals surface area contributed by atoms with Crippen LogP contribution in [0.25, 0.3) is 22.4 Å². The van der Waals surface area contributed by atoms with Crippen molar-refractivity contribution in [3.8, 4) is 17.5 Å². The summed E-state index contributed by atoms with van der Waals surface area (Å²) in [5.74, 6) is -0.0211. The highest BCUT2D eigenvalue weighted by Gasteiger charge is 2.16. The van der Waals surface area contributed by atoms with Crippen LogP contribution in [-0.4, -0.2) is 9.55 Å². The zero-order valence-electron chi connectivity index (χ0n) is 10.6. The van der Waals surface area contributed by atoms with E-state index in [1.165, 1.54) is 6.07 Å². The number of hydrogen-bond donors (Lipinski definition) is 0. The predicted molar refractivity (Wildman–Crippen MR) is 80.8 cm³/mol. The van der Waals surface area contributed by atoms with Crippen LogP contribution in [0.2, 0.25) is 10.0 Å². The lowest BCUT2D eigenvalue weighted by Crippen LogP contribution is -2.00. The van der Waals surface area contributed by atoms with Crippen molar-refractivity contribution in [3.63, 3.8) is 0 Å². The van der Waals surface area contributed by atoms with E-state index in [2.05, 4.69) is 11.1 Å². The zero-order valence-corrected chi connectivity index (χ0v) is 12.2. The molecule has 2 aromatic carbocycles. The molecule has 6 heteroatoms. The van der Waals surface area contributed by atoms with E-state index in [0.29, 0.717) is 32.5 Å². The molecular weight excluding hydrogens is 312 g/mol. The number of nitrogens with zero attached hydrogens (tertiary/aromatic N) is 3. The molecule has 0 aliphatic carbocycles. The van der Waals surface area contributed by atoms with E-state index < -0.39 is 5.82 Å². The highest BCUT2D eigenvalue weighted by Crippen LogP contribution is 2.32. The number of fused-ring (bicyclic) bond motifs is 1. The summed E-state index contributed by atoms with van der Waals surface area (Å²) in [5.41, 5.74) is 1.54. The Labute approximate surface area is 130 Å². The van der Waals surface area contributed by atoms with Crippen molar-refractivity contribution in [3.05, 3.63) is 52.3 Å². The van der Waals surface area contributed by atoms with Gasteiger partial charge in [0.1, 0.15) is 18.2 Å². The Morgan fingerprint density at radius 3 is 2.62 bits per heavy atom. The van der Waals surface area contributed by atoms with E-state index in [4.69, 9.17) is 28.5 Å². The zero-order chi connectivity index (χ0) is 15.0. The van der Waals surface area contributed by atoms with Gasteiger partial charge >= 0.3 is 0 Å². The molecule has 0 unspecified atom stereocenters. The van der Waals surface area contributed by atoms with E-state index in [0.717, 1.165) is 0 Å². The third-order valence-corrected chi connectivity index (χ3v) is 3.86. The maximum atomic E-state index is 14.0. The molecule has 0 N–H and O–H groups in total. The Hall–Kier alpha value is -2.09. The molecule has 0 fully saturated rings. The normalized spacial score (nSPS) is 10.8. The van der Waals surface area contributed by atoms with Gasteiger partial charge in [0.25, 0.3) is 0 Å². The largest absolute Gasteiger partial charge is 0.310 e. The van der Waals surface area contributed by atoms with Gasteiger partial charge in [0.05, 0.1) is 32.7 Å². The van der Waals surface area contributed by atoms with Crippen molar-refractivity contribution in [2.75, 3.05) is 0 Å². The van der Waals surface area contributed by atoms with E-state index in [9.17, 15) is 4.39 Å². The fourth-order valence-corrected chi connectivity index (χ4v) is 2.51. The van der Waals surface area contributed by atoms with Crippen molar-refractivity contribution >= 4 is 34.2 Å². The first-order valence-electron chi connectivity index (χ1n) is 6.09. The minimum atomic E-state index is -0.399. The van der Waals surface area contributed by atoms with Gasteiger partial charge in [0.2, 0.25) is 0 Å². The Morgan fingerprint density at radius 2 is 1.90 bits per heavy atom. The summed E-state index contributed by atoms with van der Waals surface area (Å²) in [6.07, 6.45) is 0. The highest BCUT2D eigenvalue weighted by molar-refractivity contribution is 6.42. The van der Waals surface area contributed by atoms with Crippen molar-refractivity contribution in [2.24, 2.45) is 0 Å².